The first-order chi connectivity index (χ1) is 7.74. The van der Waals surface area contributed by atoms with Gasteiger partial charge < -0.3 is 0 Å². The van der Waals surface area contributed by atoms with E-state index in [0.29, 0.717) is 5.69 Å². The monoisotopic (exact) mass is 275 g/mol. The Morgan fingerprint density at radius 2 is 1.75 bits per heavy atom. The molecular formula is C13H7BrFN. The summed E-state index contributed by atoms with van der Waals surface area (Å²) in [6, 6.07) is 11.6. The van der Waals surface area contributed by atoms with Crippen LogP contribution in [0.2, 0.25) is 0 Å². The van der Waals surface area contributed by atoms with Crippen LogP contribution in [-0.4, -0.2) is 4.98 Å². The second-order valence-corrected chi connectivity index (χ2v) is 3.91. The van der Waals surface area contributed by atoms with E-state index < -0.39 is 0 Å². The molecule has 1 aromatic carbocycles. The lowest BCUT2D eigenvalue weighted by Gasteiger charge is -1.91. The van der Waals surface area contributed by atoms with E-state index >= 15 is 0 Å². The fourth-order valence-corrected chi connectivity index (χ4v) is 1.49. The Morgan fingerprint density at radius 1 is 1.00 bits per heavy atom. The molecule has 0 N–H and O–H groups in total. The van der Waals surface area contributed by atoms with Crippen molar-refractivity contribution in [1.82, 2.24) is 4.98 Å². The van der Waals surface area contributed by atoms with Crippen LogP contribution in [0.5, 0.6) is 0 Å². The summed E-state index contributed by atoms with van der Waals surface area (Å²) in [6.07, 6.45) is 0. The first-order valence-electron chi connectivity index (χ1n) is 4.64. The first-order valence-corrected chi connectivity index (χ1v) is 5.43. The Balaban J connectivity index is 2.25. The fourth-order valence-electron chi connectivity index (χ4n) is 1.15. The van der Waals surface area contributed by atoms with Gasteiger partial charge in [-0.05, 0) is 58.2 Å². The van der Waals surface area contributed by atoms with Crippen LogP contribution in [-0.2, 0) is 0 Å². The highest BCUT2D eigenvalue weighted by Crippen LogP contribution is 2.06. The molecule has 1 aromatic heterocycles. The highest BCUT2D eigenvalue weighted by Gasteiger charge is 1.91. The topological polar surface area (TPSA) is 12.9 Å². The van der Waals surface area contributed by atoms with Crippen molar-refractivity contribution in [3.05, 3.63) is 64.1 Å². The number of halogens is 2. The third kappa shape index (κ3) is 2.91. The zero-order valence-electron chi connectivity index (χ0n) is 8.24. The molecule has 16 heavy (non-hydrogen) atoms. The largest absolute Gasteiger partial charge is 0.232 e. The molecule has 0 unspecified atom stereocenters. The average molecular weight is 276 g/mol. The minimum absolute atomic E-state index is 0.258. The normalized spacial score (nSPS) is 9.38. The average Bonchev–Trinajstić information content (AvgIpc) is 2.28. The Kier molecular flexibility index (Phi) is 3.33. The summed E-state index contributed by atoms with van der Waals surface area (Å²) in [7, 11) is 0. The zero-order valence-corrected chi connectivity index (χ0v) is 9.83. The Morgan fingerprint density at radius 3 is 2.44 bits per heavy atom. The molecule has 2 aromatic rings. The van der Waals surface area contributed by atoms with Crippen molar-refractivity contribution in [2.75, 3.05) is 0 Å². The van der Waals surface area contributed by atoms with Gasteiger partial charge >= 0.3 is 0 Å². The molecule has 0 spiro atoms. The van der Waals surface area contributed by atoms with Gasteiger partial charge in [0.25, 0.3) is 0 Å². The van der Waals surface area contributed by atoms with E-state index in [0.717, 1.165) is 10.2 Å². The van der Waals surface area contributed by atoms with Crippen molar-refractivity contribution >= 4 is 15.9 Å². The van der Waals surface area contributed by atoms with Crippen LogP contribution in [0.3, 0.4) is 0 Å². The molecule has 3 heteroatoms. The van der Waals surface area contributed by atoms with Gasteiger partial charge in [-0.1, -0.05) is 12.0 Å². The second-order valence-electron chi connectivity index (χ2n) is 3.10. The van der Waals surface area contributed by atoms with E-state index in [1.807, 2.05) is 18.2 Å². The van der Waals surface area contributed by atoms with Gasteiger partial charge in [-0.3, -0.25) is 0 Å². The van der Waals surface area contributed by atoms with E-state index in [2.05, 4.69) is 32.8 Å². The summed E-state index contributed by atoms with van der Waals surface area (Å²) in [5.41, 5.74) is 1.45. The maximum atomic E-state index is 12.6. The summed E-state index contributed by atoms with van der Waals surface area (Å²) in [5.74, 6) is 5.56. The molecule has 0 amide bonds. The number of hydrogen-bond donors (Lipinski definition) is 0. The molecule has 0 bridgehead atoms. The SMILES string of the molecule is Fc1ccc(C#Cc2cccc(Br)n2)cc1. The molecule has 0 aliphatic carbocycles. The number of benzene rings is 1. The number of nitrogens with zero attached hydrogens (tertiary/aromatic N) is 1. The molecule has 0 saturated carbocycles. The summed E-state index contributed by atoms with van der Waals surface area (Å²) in [4.78, 5) is 4.17. The Hall–Kier alpha value is -1.66. The van der Waals surface area contributed by atoms with Gasteiger partial charge in [0, 0.05) is 5.56 Å². The predicted octanol–water partition coefficient (Wildman–Crippen LogP) is 3.38. The minimum Gasteiger partial charge on any atom is -0.232 e. The maximum absolute atomic E-state index is 12.6. The zero-order chi connectivity index (χ0) is 11.4. The molecule has 0 aliphatic heterocycles. The molecule has 0 radical (unpaired) electrons. The van der Waals surface area contributed by atoms with E-state index in [4.69, 9.17) is 0 Å². The number of rotatable bonds is 0. The molecule has 0 atom stereocenters. The van der Waals surface area contributed by atoms with E-state index in [1.165, 1.54) is 12.1 Å². The summed E-state index contributed by atoms with van der Waals surface area (Å²) in [6.45, 7) is 0. The second kappa shape index (κ2) is 4.91. The van der Waals surface area contributed by atoms with Crippen molar-refractivity contribution < 1.29 is 4.39 Å². The molecular weight excluding hydrogens is 269 g/mol. The molecule has 1 nitrogen and oxygen atoms in total. The Bertz CT molecular complexity index is 552. The number of aromatic nitrogens is 1. The van der Waals surface area contributed by atoms with Crippen LogP contribution in [0.15, 0.2) is 47.1 Å². The molecule has 78 valence electrons. The van der Waals surface area contributed by atoms with Gasteiger partial charge in [0.1, 0.15) is 16.1 Å². The van der Waals surface area contributed by atoms with E-state index in [9.17, 15) is 4.39 Å². The van der Waals surface area contributed by atoms with Crippen LogP contribution in [0.1, 0.15) is 11.3 Å². The highest BCUT2D eigenvalue weighted by atomic mass is 79.9. The summed E-state index contributed by atoms with van der Waals surface area (Å²) < 4.78 is 13.4. The van der Waals surface area contributed by atoms with Crippen LogP contribution < -0.4 is 0 Å². The lowest BCUT2D eigenvalue weighted by atomic mass is 10.2. The van der Waals surface area contributed by atoms with Gasteiger partial charge in [-0.25, -0.2) is 9.37 Å². The smallest absolute Gasteiger partial charge is 0.123 e. The molecule has 0 fully saturated rings. The van der Waals surface area contributed by atoms with Crippen molar-refractivity contribution in [3.63, 3.8) is 0 Å². The van der Waals surface area contributed by atoms with Crippen LogP contribution in [0, 0.1) is 17.7 Å². The maximum Gasteiger partial charge on any atom is 0.123 e. The number of hydrogen-bond acceptors (Lipinski definition) is 1. The van der Waals surface area contributed by atoms with Crippen molar-refractivity contribution in [1.29, 1.82) is 0 Å². The van der Waals surface area contributed by atoms with Gasteiger partial charge in [-0.15, -0.1) is 0 Å². The van der Waals surface area contributed by atoms with Gasteiger partial charge in [-0.2, -0.15) is 0 Å². The third-order valence-corrected chi connectivity index (χ3v) is 2.34. The lowest BCUT2D eigenvalue weighted by molar-refractivity contribution is 0.627. The van der Waals surface area contributed by atoms with Crippen LogP contribution in [0.25, 0.3) is 0 Å². The molecule has 0 aliphatic rings. The van der Waals surface area contributed by atoms with Crippen molar-refractivity contribution in [2.45, 2.75) is 0 Å². The molecule has 0 saturated heterocycles. The lowest BCUT2D eigenvalue weighted by Crippen LogP contribution is -1.82. The summed E-state index contributed by atoms with van der Waals surface area (Å²) >= 11 is 3.27. The predicted molar refractivity (Wildman–Crippen MR) is 64.3 cm³/mol. The molecule has 1 heterocycles. The van der Waals surface area contributed by atoms with Crippen molar-refractivity contribution in [3.8, 4) is 11.8 Å². The van der Waals surface area contributed by atoms with Gasteiger partial charge in [0.2, 0.25) is 0 Å². The summed E-state index contributed by atoms with van der Waals surface area (Å²) in [5, 5.41) is 0. The standard InChI is InChI=1S/C13H7BrFN/c14-13-3-1-2-12(16-13)9-6-10-4-7-11(15)8-5-10/h1-5,7-8H. The van der Waals surface area contributed by atoms with Crippen molar-refractivity contribution in [2.24, 2.45) is 0 Å². The third-order valence-electron chi connectivity index (χ3n) is 1.89. The van der Waals surface area contributed by atoms with Gasteiger partial charge in [0.15, 0.2) is 0 Å². The minimum atomic E-state index is -0.258. The number of pyridine rings is 1. The van der Waals surface area contributed by atoms with E-state index in [-0.39, 0.29) is 5.82 Å². The highest BCUT2D eigenvalue weighted by molar-refractivity contribution is 9.10. The molecule has 2 rings (SSSR count). The quantitative estimate of drug-likeness (QED) is 0.531. The first kappa shape index (κ1) is 10.8. The van der Waals surface area contributed by atoms with E-state index in [1.54, 1.807) is 12.1 Å². The Labute approximate surface area is 101 Å². The van der Waals surface area contributed by atoms with Crippen LogP contribution >= 0.6 is 15.9 Å². The van der Waals surface area contributed by atoms with Crippen LogP contribution in [0.4, 0.5) is 4.39 Å². The fraction of sp³-hybridized carbons (Fsp3) is 0. The van der Waals surface area contributed by atoms with Gasteiger partial charge in [0.05, 0.1) is 0 Å².